The van der Waals surface area contributed by atoms with Crippen LogP contribution in [0.4, 0.5) is 4.79 Å². The van der Waals surface area contributed by atoms with Crippen molar-refractivity contribution in [3.8, 4) is 0 Å². The van der Waals surface area contributed by atoms with Crippen molar-refractivity contribution >= 4 is 23.8 Å². The van der Waals surface area contributed by atoms with E-state index in [1.54, 1.807) is 19.0 Å². The molecule has 2 heterocycles. The quantitative estimate of drug-likeness (QED) is 0.208. The molecule has 0 radical (unpaired) electrons. The molecule has 5 rings (SSSR count). The van der Waals surface area contributed by atoms with E-state index in [1.165, 1.54) is 0 Å². The first-order valence-corrected chi connectivity index (χ1v) is 16.6. The summed E-state index contributed by atoms with van der Waals surface area (Å²) in [4.78, 5) is 56.0. The molecule has 5 N–H and O–H groups in total. The highest BCUT2D eigenvalue weighted by Crippen LogP contribution is 2.35. The molecule has 0 bridgehead atoms. The smallest absolute Gasteiger partial charge is 0.314 e. The summed E-state index contributed by atoms with van der Waals surface area (Å²) < 4.78 is 0. The SMILES string of the molecule is CNC(=O)NCC[C@H]1CC[C@H]2CC[C@@H](C(=O)NC(c3ccccc3)c3ccccc3)N2C(=O)[C@H]1NC(=O)[C@@H](Cc1ccccc1)NC. The lowest BCUT2D eigenvalue weighted by Gasteiger charge is -2.33. The average molecular weight is 639 g/mol. The molecule has 248 valence electrons. The molecule has 2 fully saturated rings. The number of benzene rings is 3. The summed E-state index contributed by atoms with van der Waals surface area (Å²) in [5, 5.41) is 14.8. The summed E-state index contributed by atoms with van der Waals surface area (Å²) in [7, 11) is 3.29. The summed E-state index contributed by atoms with van der Waals surface area (Å²) in [6.07, 6.45) is 3.63. The zero-order valence-corrected chi connectivity index (χ0v) is 27.2. The van der Waals surface area contributed by atoms with Gasteiger partial charge in [0.2, 0.25) is 17.7 Å². The Balaban J connectivity index is 1.38. The lowest BCUT2D eigenvalue weighted by molar-refractivity contribution is -0.143. The van der Waals surface area contributed by atoms with Crippen LogP contribution in [0.1, 0.15) is 54.8 Å². The number of urea groups is 1. The molecule has 2 saturated heterocycles. The van der Waals surface area contributed by atoms with Gasteiger partial charge in [-0.3, -0.25) is 14.4 Å². The second-order valence-electron chi connectivity index (χ2n) is 12.4. The number of carbonyl (C=O) groups is 4. The number of amides is 5. The largest absolute Gasteiger partial charge is 0.343 e. The maximum Gasteiger partial charge on any atom is 0.314 e. The number of hydrogen-bond acceptors (Lipinski definition) is 5. The molecule has 0 aromatic heterocycles. The van der Waals surface area contributed by atoms with Crippen LogP contribution in [0.2, 0.25) is 0 Å². The number of nitrogens with one attached hydrogen (secondary N) is 5. The second kappa shape index (κ2) is 16.2. The number of nitrogens with zero attached hydrogens (tertiary/aromatic N) is 1. The van der Waals surface area contributed by atoms with Crippen LogP contribution in [-0.4, -0.2) is 73.5 Å². The van der Waals surface area contributed by atoms with Crippen LogP contribution in [-0.2, 0) is 20.8 Å². The first-order valence-electron chi connectivity index (χ1n) is 16.6. The molecule has 47 heavy (non-hydrogen) atoms. The van der Waals surface area contributed by atoms with E-state index >= 15 is 0 Å². The normalized spacial score (nSPS) is 21.3. The van der Waals surface area contributed by atoms with Crippen molar-refractivity contribution in [2.45, 2.75) is 68.7 Å². The molecule has 0 spiro atoms. The van der Waals surface area contributed by atoms with Gasteiger partial charge in [-0.25, -0.2) is 4.79 Å². The standard InChI is InChI=1S/C37H46N6O4/c1-38-30(24-25-12-6-3-7-13-25)34(44)42-33-28(22-23-40-37(47)39-2)18-19-29-20-21-31(43(29)36(33)46)35(45)41-32(26-14-8-4-9-15-26)27-16-10-5-11-17-27/h3-17,28-33,38H,18-24H2,1-2H3,(H,41,45)(H,42,44)(H2,39,40,47)/t28-,29+,30-,31+,33+/m1/s1. The van der Waals surface area contributed by atoms with E-state index in [-0.39, 0.29) is 41.8 Å². The van der Waals surface area contributed by atoms with Crippen LogP contribution in [0.25, 0.3) is 0 Å². The molecule has 5 amide bonds. The Morgan fingerprint density at radius 2 is 1.40 bits per heavy atom. The average Bonchev–Trinajstić information content (AvgIpc) is 3.50. The first-order chi connectivity index (χ1) is 22.9. The molecule has 2 aliphatic heterocycles. The van der Waals surface area contributed by atoms with Crippen LogP contribution < -0.4 is 26.6 Å². The zero-order valence-electron chi connectivity index (χ0n) is 27.2. The maximum absolute atomic E-state index is 14.5. The van der Waals surface area contributed by atoms with E-state index in [9.17, 15) is 19.2 Å². The highest BCUT2D eigenvalue weighted by atomic mass is 16.2. The Morgan fingerprint density at radius 1 is 0.809 bits per heavy atom. The molecule has 3 aromatic carbocycles. The Labute approximate surface area is 277 Å². The van der Waals surface area contributed by atoms with E-state index in [2.05, 4.69) is 26.6 Å². The summed E-state index contributed by atoms with van der Waals surface area (Å²) in [5.74, 6) is -0.936. The molecule has 0 unspecified atom stereocenters. The molecule has 2 aliphatic rings. The second-order valence-corrected chi connectivity index (χ2v) is 12.4. The van der Waals surface area contributed by atoms with Crippen molar-refractivity contribution in [1.29, 1.82) is 0 Å². The molecular weight excluding hydrogens is 592 g/mol. The molecular formula is C37H46N6O4. The molecule has 5 atom stereocenters. The van der Waals surface area contributed by atoms with Crippen LogP contribution in [0.15, 0.2) is 91.0 Å². The summed E-state index contributed by atoms with van der Waals surface area (Å²) in [6, 6.07) is 26.5. The van der Waals surface area contributed by atoms with E-state index in [4.69, 9.17) is 0 Å². The number of fused-ring (bicyclic) bond motifs is 1. The van der Waals surface area contributed by atoms with Gasteiger partial charge in [-0.15, -0.1) is 0 Å². The molecule has 10 heteroatoms. The Bertz CT molecular complexity index is 1450. The Kier molecular flexibility index (Phi) is 11.6. The van der Waals surface area contributed by atoms with Crippen LogP contribution in [0, 0.1) is 5.92 Å². The number of rotatable bonds is 12. The van der Waals surface area contributed by atoms with Crippen LogP contribution in [0.5, 0.6) is 0 Å². The van der Waals surface area contributed by atoms with Gasteiger partial charge in [0.1, 0.15) is 12.1 Å². The summed E-state index contributed by atoms with van der Waals surface area (Å²) in [6.45, 7) is 0.355. The predicted octanol–water partition coefficient (Wildman–Crippen LogP) is 3.30. The van der Waals surface area contributed by atoms with Gasteiger partial charge in [-0.05, 0) is 68.2 Å². The number of hydrogen-bond donors (Lipinski definition) is 5. The lowest BCUT2D eigenvalue weighted by Crippen LogP contribution is -2.58. The van der Waals surface area contributed by atoms with Crippen molar-refractivity contribution in [1.82, 2.24) is 31.5 Å². The maximum atomic E-state index is 14.5. The van der Waals surface area contributed by atoms with Crippen molar-refractivity contribution in [3.05, 3.63) is 108 Å². The Morgan fingerprint density at radius 3 is 2.00 bits per heavy atom. The third kappa shape index (κ3) is 8.37. The minimum Gasteiger partial charge on any atom is -0.343 e. The van der Waals surface area contributed by atoms with Crippen molar-refractivity contribution in [3.63, 3.8) is 0 Å². The van der Waals surface area contributed by atoms with E-state index in [0.29, 0.717) is 45.1 Å². The van der Waals surface area contributed by atoms with Gasteiger partial charge < -0.3 is 31.5 Å². The fourth-order valence-electron chi connectivity index (χ4n) is 6.96. The van der Waals surface area contributed by atoms with Crippen molar-refractivity contribution in [2.24, 2.45) is 5.92 Å². The lowest BCUT2D eigenvalue weighted by atomic mass is 9.90. The third-order valence-corrected chi connectivity index (χ3v) is 9.49. The van der Waals surface area contributed by atoms with Crippen LogP contribution in [0.3, 0.4) is 0 Å². The minimum absolute atomic E-state index is 0.106. The van der Waals surface area contributed by atoms with Crippen LogP contribution >= 0.6 is 0 Å². The van der Waals surface area contributed by atoms with Gasteiger partial charge in [-0.1, -0.05) is 91.0 Å². The van der Waals surface area contributed by atoms with Gasteiger partial charge >= 0.3 is 6.03 Å². The molecule has 0 saturated carbocycles. The highest BCUT2D eigenvalue weighted by molar-refractivity contribution is 5.94. The fourth-order valence-corrected chi connectivity index (χ4v) is 6.96. The fraction of sp³-hybridized carbons (Fsp3) is 0.405. The highest BCUT2D eigenvalue weighted by Gasteiger charge is 2.48. The number of likely N-dealkylation sites (N-methyl/N-ethyl adjacent to an activating group) is 1. The minimum atomic E-state index is -0.835. The first kappa shape index (κ1) is 33.7. The van der Waals surface area contributed by atoms with E-state index < -0.39 is 18.1 Å². The summed E-state index contributed by atoms with van der Waals surface area (Å²) >= 11 is 0. The van der Waals surface area contributed by atoms with E-state index in [1.807, 2.05) is 91.0 Å². The van der Waals surface area contributed by atoms with Gasteiger partial charge in [0.15, 0.2) is 0 Å². The van der Waals surface area contributed by atoms with Crippen molar-refractivity contribution in [2.75, 3.05) is 20.6 Å². The molecule has 3 aromatic rings. The number of carbonyl (C=O) groups excluding carboxylic acids is 4. The van der Waals surface area contributed by atoms with E-state index in [0.717, 1.165) is 16.7 Å². The van der Waals surface area contributed by atoms with Gasteiger partial charge in [0.05, 0.1) is 12.1 Å². The topological polar surface area (TPSA) is 132 Å². The van der Waals surface area contributed by atoms with Gasteiger partial charge in [-0.2, -0.15) is 0 Å². The summed E-state index contributed by atoms with van der Waals surface area (Å²) in [5.41, 5.74) is 2.91. The van der Waals surface area contributed by atoms with Crippen molar-refractivity contribution < 1.29 is 19.2 Å². The van der Waals surface area contributed by atoms with Gasteiger partial charge in [0.25, 0.3) is 0 Å². The zero-order chi connectivity index (χ0) is 33.2. The predicted molar refractivity (Wildman–Crippen MR) is 181 cm³/mol. The Hall–Kier alpha value is -4.70. The third-order valence-electron chi connectivity index (χ3n) is 9.49. The monoisotopic (exact) mass is 638 g/mol. The van der Waals surface area contributed by atoms with Gasteiger partial charge in [0, 0.05) is 19.6 Å². The molecule has 0 aliphatic carbocycles. The molecule has 10 nitrogen and oxygen atoms in total.